The van der Waals surface area contributed by atoms with Crippen molar-refractivity contribution in [2.24, 2.45) is 0 Å². The molecule has 0 aliphatic carbocycles. The lowest BCUT2D eigenvalue weighted by atomic mass is 10.3. The van der Waals surface area contributed by atoms with E-state index in [9.17, 15) is 18.5 Å². The fraction of sp³-hybridized carbons (Fsp3) is 0. The molecule has 1 aromatic carbocycles. The van der Waals surface area contributed by atoms with Crippen LogP contribution in [-0.4, -0.2) is 17.9 Å². The summed E-state index contributed by atoms with van der Waals surface area (Å²) in [6, 6.07) is 4.58. The number of hydrogen-bond acceptors (Lipinski definition) is 4. The summed E-state index contributed by atoms with van der Waals surface area (Å²) in [5.41, 5.74) is -0.107. The number of nitrogens with zero attached hydrogens (tertiary/aromatic N) is 1. The molecule has 1 rings (SSSR count). The Balaban J connectivity index is 2.90. The summed E-state index contributed by atoms with van der Waals surface area (Å²) < 4.78 is 30.8. The zero-order valence-corrected chi connectivity index (χ0v) is 7.56. The normalized spacial score (nSPS) is 10.9. The van der Waals surface area contributed by atoms with E-state index in [2.05, 4.69) is 0 Å². The van der Waals surface area contributed by atoms with Crippen LogP contribution in [0.5, 0.6) is 0 Å². The molecule has 7 nitrogen and oxygen atoms in total. The average Bonchev–Trinajstić information content (AvgIpc) is 2.02. The van der Waals surface area contributed by atoms with Crippen molar-refractivity contribution < 1.29 is 17.9 Å². The van der Waals surface area contributed by atoms with Gasteiger partial charge in [-0.25, -0.2) is 0 Å². The largest absolute Gasteiger partial charge is 0.357 e. The summed E-state index contributed by atoms with van der Waals surface area (Å²) in [6.07, 6.45) is 0. The maximum atomic E-state index is 10.3. The number of rotatable bonds is 3. The predicted molar refractivity (Wildman–Crippen MR) is 48.3 cm³/mol. The van der Waals surface area contributed by atoms with Crippen LogP contribution >= 0.6 is 0 Å². The molecule has 0 saturated heterocycles. The van der Waals surface area contributed by atoms with Crippen LogP contribution in [0.4, 0.5) is 11.4 Å². The predicted octanol–water partition coefficient (Wildman–Crippen LogP) is 0.809. The van der Waals surface area contributed by atoms with Gasteiger partial charge in [-0.1, -0.05) is 0 Å². The number of nitrogens with one attached hydrogen (secondary N) is 1. The molecule has 0 bridgehead atoms. The molecular weight excluding hydrogens is 212 g/mol. The van der Waals surface area contributed by atoms with E-state index < -0.39 is 15.2 Å². The number of hydrogen-bond donors (Lipinski definition) is 2. The molecule has 0 unspecified atom stereocenters. The molecule has 76 valence electrons. The van der Waals surface area contributed by atoms with Crippen molar-refractivity contribution in [2.75, 3.05) is 4.72 Å². The van der Waals surface area contributed by atoms with Crippen molar-refractivity contribution in [1.29, 1.82) is 0 Å². The van der Waals surface area contributed by atoms with Crippen molar-refractivity contribution in [3.8, 4) is 0 Å². The molecule has 0 aliphatic heterocycles. The van der Waals surface area contributed by atoms with Crippen LogP contribution in [0.25, 0.3) is 0 Å². The molecule has 0 radical (unpaired) electrons. The first-order valence-electron chi connectivity index (χ1n) is 3.38. The Hall–Kier alpha value is -1.67. The van der Waals surface area contributed by atoms with Crippen LogP contribution in [-0.2, 0) is 10.3 Å². The van der Waals surface area contributed by atoms with Gasteiger partial charge in [0.15, 0.2) is 0 Å². The van der Waals surface area contributed by atoms with E-state index in [-0.39, 0.29) is 11.4 Å². The third-order valence-corrected chi connectivity index (χ3v) is 1.82. The molecule has 0 heterocycles. The molecule has 8 heteroatoms. The molecule has 0 atom stereocenters. The van der Waals surface area contributed by atoms with E-state index in [1.807, 2.05) is 0 Å². The molecule has 0 fully saturated rings. The second-order valence-electron chi connectivity index (χ2n) is 2.38. The number of non-ortho nitro benzene ring substituents is 1. The SMILES string of the molecule is O=[N+]([O-])c1ccc(NS(=O)(=O)O)cc1. The van der Waals surface area contributed by atoms with E-state index in [0.717, 1.165) is 12.1 Å². The molecule has 0 aliphatic rings. The summed E-state index contributed by atoms with van der Waals surface area (Å²) in [6.45, 7) is 0. The first-order valence-corrected chi connectivity index (χ1v) is 4.82. The lowest BCUT2D eigenvalue weighted by Gasteiger charge is -2.00. The van der Waals surface area contributed by atoms with Crippen molar-refractivity contribution in [3.05, 3.63) is 34.4 Å². The summed E-state index contributed by atoms with van der Waals surface area (Å²) in [7, 11) is -4.33. The van der Waals surface area contributed by atoms with Crippen LogP contribution in [0.15, 0.2) is 24.3 Å². The van der Waals surface area contributed by atoms with E-state index in [1.165, 1.54) is 12.1 Å². The second kappa shape index (κ2) is 3.60. The maximum absolute atomic E-state index is 10.3. The van der Waals surface area contributed by atoms with Crippen LogP contribution in [0, 0.1) is 10.1 Å². The highest BCUT2D eigenvalue weighted by atomic mass is 32.2. The number of anilines is 1. The monoisotopic (exact) mass is 218 g/mol. The lowest BCUT2D eigenvalue weighted by Crippen LogP contribution is -2.10. The van der Waals surface area contributed by atoms with Gasteiger partial charge in [0.2, 0.25) is 0 Å². The quantitative estimate of drug-likeness (QED) is 0.443. The van der Waals surface area contributed by atoms with E-state index >= 15 is 0 Å². The Morgan fingerprint density at radius 2 is 1.79 bits per heavy atom. The highest BCUT2D eigenvalue weighted by Crippen LogP contribution is 2.15. The van der Waals surface area contributed by atoms with E-state index in [1.54, 1.807) is 4.72 Å². The molecule has 0 spiro atoms. The summed E-state index contributed by atoms with van der Waals surface area (Å²) in [4.78, 5) is 9.60. The average molecular weight is 218 g/mol. The van der Waals surface area contributed by atoms with Gasteiger partial charge >= 0.3 is 10.3 Å². The Morgan fingerprint density at radius 1 is 1.29 bits per heavy atom. The molecule has 14 heavy (non-hydrogen) atoms. The minimum Gasteiger partial charge on any atom is -0.269 e. The van der Waals surface area contributed by atoms with Crippen molar-refractivity contribution in [3.63, 3.8) is 0 Å². The van der Waals surface area contributed by atoms with Gasteiger partial charge in [0.1, 0.15) is 0 Å². The van der Waals surface area contributed by atoms with Crippen molar-refractivity contribution in [2.45, 2.75) is 0 Å². The molecule has 0 aromatic heterocycles. The summed E-state index contributed by atoms with van der Waals surface area (Å²) >= 11 is 0. The van der Waals surface area contributed by atoms with E-state index in [0.29, 0.717) is 0 Å². The fourth-order valence-electron chi connectivity index (χ4n) is 0.800. The number of benzene rings is 1. The highest BCUT2D eigenvalue weighted by molar-refractivity contribution is 7.87. The highest BCUT2D eigenvalue weighted by Gasteiger charge is 2.07. The van der Waals surface area contributed by atoms with Crippen LogP contribution in [0.1, 0.15) is 0 Å². The first-order chi connectivity index (χ1) is 6.38. The number of nitro groups is 1. The standard InChI is InChI=1S/C6H6N2O5S/c9-8(10)6-3-1-5(2-4-6)7-14(11,12)13/h1-4,7H,(H,11,12,13). The van der Waals surface area contributed by atoms with Gasteiger partial charge in [-0.2, -0.15) is 8.42 Å². The van der Waals surface area contributed by atoms with Crippen molar-refractivity contribution >= 4 is 21.7 Å². The third kappa shape index (κ3) is 2.99. The maximum Gasteiger partial charge on any atom is 0.357 e. The topological polar surface area (TPSA) is 110 Å². The Labute approximate surface area is 79.4 Å². The van der Waals surface area contributed by atoms with Crippen LogP contribution in [0.3, 0.4) is 0 Å². The molecule has 0 saturated carbocycles. The Bertz CT molecular complexity index is 438. The van der Waals surface area contributed by atoms with E-state index in [4.69, 9.17) is 4.55 Å². The lowest BCUT2D eigenvalue weighted by molar-refractivity contribution is -0.384. The molecule has 1 aromatic rings. The Kier molecular flexibility index (Phi) is 2.68. The van der Waals surface area contributed by atoms with Crippen LogP contribution in [0.2, 0.25) is 0 Å². The summed E-state index contributed by atoms with van der Waals surface area (Å²) in [5.74, 6) is 0. The molecular formula is C6H6N2O5S. The fourth-order valence-corrected chi connectivity index (χ4v) is 1.23. The molecule has 2 N–H and O–H groups in total. The van der Waals surface area contributed by atoms with Gasteiger partial charge in [0.05, 0.1) is 10.6 Å². The second-order valence-corrected chi connectivity index (χ2v) is 3.54. The van der Waals surface area contributed by atoms with Gasteiger partial charge in [-0.05, 0) is 12.1 Å². The van der Waals surface area contributed by atoms with Gasteiger partial charge in [0, 0.05) is 12.1 Å². The smallest absolute Gasteiger partial charge is 0.269 e. The van der Waals surface area contributed by atoms with Crippen LogP contribution < -0.4 is 4.72 Å². The minimum absolute atomic E-state index is 0.0538. The van der Waals surface area contributed by atoms with Gasteiger partial charge < -0.3 is 0 Å². The summed E-state index contributed by atoms with van der Waals surface area (Å²) in [5, 5.41) is 10.2. The zero-order chi connectivity index (χ0) is 10.8. The minimum atomic E-state index is -4.33. The van der Waals surface area contributed by atoms with Gasteiger partial charge in [-0.3, -0.25) is 19.4 Å². The third-order valence-electron chi connectivity index (χ3n) is 1.32. The first kappa shape index (κ1) is 10.4. The molecule has 0 amide bonds. The van der Waals surface area contributed by atoms with Gasteiger partial charge in [0.25, 0.3) is 5.69 Å². The Morgan fingerprint density at radius 3 is 2.14 bits per heavy atom. The van der Waals surface area contributed by atoms with Gasteiger partial charge in [-0.15, -0.1) is 0 Å². The number of nitro benzene ring substituents is 1. The zero-order valence-electron chi connectivity index (χ0n) is 6.75. The van der Waals surface area contributed by atoms with Crippen molar-refractivity contribution in [1.82, 2.24) is 0 Å².